The van der Waals surface area contributed by atoms with Crippen molar-refractivity contribution in [2.24, 2.45) is 7.05 Å². The van der Waals surface area contributed by atoms with Crippen LogP contribution in [0.1, 0.15) is 76.0 Å². The second-order valence-electron chi connectivity index (χ2n) is 5.48. The smallest absolute Gasteiger partial charge is 0.0143 e. The summed E-state index contributed by atoms with van der Waals surface area (Å²) in [7, 11) is 2.14. The highest BCUT2D eigenvalue weighted by atomic mass is 14.9. The average Bonchev–Trinajstić information content (AvgIpc) is 2.64. The highest BCUT2D eigenvalue weighted by Gasteiger charge is 2.07. The monoisotopic (exact) mass is 235 g/mol. The Morgan fingerprint density at radius 1 is 1.12 bits per heavy atom. The van der Waals surface area contributed by atoms with Crippen LogP contribution < -0.4 is 0 Å². The van der Waals surface area contributed by atoms with Gasteiger partial charge in [0.2, 0.25) is 0 Å². The van der Waals surface area contributed by atoms with Gasteiger partial charge in [0.25, 0.3) is 0 Å². The molecule has 98 valence electrons. The third-order valence-electron chi connectivity index (χ3n) is 3.83. The summed E-state index contributed by atoms with van der Waals surface area (Å²) in [6, 6.07) is 2.34. The minimum Gasteiger partial charge on any atom is -0.354 e. The average molecular weight is 235 g/mol. The summed E-state index contributed by atoms with van der Waals surface area (Å²) < 4.78 is 2.23. The fourth-order valence-electron chi connectivity index (χ4n) is 2.37. The number of aromatic nitrogens is 1. The number of hydrogen-bond donors (Lipinski definition) is 0. The Morgan fingerprint density at radius 3 is 2.35 bits per heavy atom. The predicted octanol–water partition coefficient (Wildman–Crippen LogP) is 5.19. The highest BCUT2D eigenvalue weighted by molar-refractivity contribution is 5.20. The summed E-state index contributed by atoms with van der Waals surface area (Å²) >= 11 is 0. The van der Waals surface area contributed by atoms with Crippen LogP contribution in [-0.4, -0.2) is 4.57 Å². The molecule has 1 unspecified atom stereocenters. The van der Waals surface area contributed by atoms with Gasteiger partial charge in [-0.15, -0.1) is 0 Å². The van der Waals surface area contributed by atoms with Gasteiger partial charge in [-0.25, -0.2) is 0 Å². The lowest BCUT2D eigenvalue weighted by Gasteiger charge is -2.09. The second kappa shape index (κ2) is 7.58. The molecule has 0 aliphatic heterocycles. The van der Waals surface area contributed by atoms with Crippen LogP contribution in [0.15, 0.2) is 12.3 Å². The lowest BCUT2D eigenvalue weighted by Crippen LogP contribution is -1.92. The van der Waals surface area contributed by atoms with Crippen molar-refractivity contribution in [1.82, 2.24) is 4.57 Å². The maximum Gasteiger partial charge on any atom is 0.0143 e. The number of aryl methyl sites for hydroxylation is 2. The van der Waals surface area contributed by atoms with E-state index < -0.39 is 0 Å². The lowest BCUT2D eigenvalue weighted by atomic mass is 9.96. The van der Waals surface area contributed by atoms with Crippen LogP contribution in [0, 0.1) is 6.92 Å². The standard InChI is InChI=1S/C16H29N/c1-5-6-7-8-9-10-11-14(2)16-12-15(3)17(4)13-16/h12-14H,5-11H2,1-4H3. The van der Waals surface area contributed by atoms with Gasteiger partial charge in [-0.1, -0.05) is 52.4 Å². The molecule has 0 aromatic carbocycles. The van der Waals surface area contributed by atoms with E-state index in [1.165, 1.54) is 56.2 Å². The van der Waals surface area contributed by atoms with E-state index in [1.807, 2.05) is 0 Å². The van der Waals surface area contributed by atoms with Gasteiger partial charge in [0.1, 0.15) is 0 Å². The topological polar surface area (TPSA) is 4.93 Å². The van der Waals surface area contributed by atoms with Crippen molar-refractivity contribution in [3.05, 3.63) is 23.5 Å². The molecule has 1 nitrogen and oxygen atoms in total. The third-order valence-corrected chi connectivity index (χ3v) is 3.83. The predicted molar refractivity (Wildman–Crippen MR) is 76.6 cm³/mol. The Hall–Kier alpha value is -0.720. The molecule has 1 atom stereocenters. The quantitative estimate of drug-likeness (QED) is 0.547. The van der Waals surface area contributed by atoms with Crippen molar-refractivity contribution < 1.29 is 0 Å². The van der Waals surface area contributed by atoms with Crippen LogP contribution in [0.25, 0.3) is 0 Å². The largest absolute Gasteiger partial charge is 0.354 e. The molecule has 0 aliphatic rings. The van der Waals surface area contributed by atoms with Crippen LogP contribution in [-0.2, 0) is 7.05 Å². The van der Waals surface area contributed by atoms with Crippen LogP contribution in [0.5, 0.6) is 0 Å². The molecule has 0 amide bonds. The van der Waals surface area contributed by atoms with Crippen molar-refractivity contribution >= 4 is 0 Å². The molecule has 0 radical (unpaired) electrons. The van der Waals surface area contributed by atoms with Crippen molar-refractivity contribution in [2.75, 3.05) is 0 Å². The number of unbranched alkanes of at least 4 members (excludes halogenated alkanes) is 5. The van der Waals surface area contributed by atoms with Crippen molar-refractivity contribution in [3.8, 4) is 0 Å². The van der Waals surface area contributed by atoms with E-state index in [0.29, 0.717) is 0 Å². The molecular formula is C16H29N. The van der Waals surface area contributed by atoms with Gasteiger partial charge in [0.15, 0.2) is 0 Å². The maximum atomic E-state index is 2.36. The molecule has 0 bridgehead atoms. The molecule has 1 heterocycles. The Kier molecular flexibility index (Phi) is 6.39. The van der Waals surface area contributed by atoms with Crippen molar-refractivity contribution in [2.45, 2.75) is 71.6 Å². The van der Waals surface area contributed by atoms with Gasteiger partial charge in [0.05, 0.1) is 0 Å². The van der Waals surface area contributed by atoms with Gasteiger partial charge in [-0.2, -0.15) is 0 Å². The van der Waals surface area contributed by atoms with E-state index in [1.54, 1.807) is 0 Å². The molecular weight excluding hydrogens is 206 g/mol. The number of hydrogen-bond acceptors (Lipinski definition) is 0. The van der Waals surface area contributed by atoms with Crippen LogP contribution in [0.4, 0.5) is 0 Å². The molecule has 0 saturated heterocycles. The summed E-state index contributed by atoms with van der Waals surface area (Å²) in [6.45, 7) is 6.82. The molecule has 17 heavy (non-hydrogen) atoms. The fourth-order valence-corrected chi connectivity index (χ4v) is 2.37. The zero-order valence-corrected chi connectivity index (χ0v) is 12.1. The number of rotatable bonds is 8. The minimum absolute atomic E-state index is 0.723. The van der Waals surface area contributed by atoms with Gasteiger partial charge in [-0.3, -0.25) is 0 Å². The molecule has 0 saturated carbocycles. The molecule has 0 N–H and O–H groups in total. The van der Waals surface area contributed by atoms with Gasteiger partial charge < -0.3 is 4.57 Å². The summed E-state index contributed by atoms with van der Waals surface area (Å²) in [5.74, 6) is 0.723. The minimum atomic E-state index is 0.723. The molecule has 0 spiro atoms. The zero-order chi connectivity index (χ0) is 12.7. The van der Waals surface area contributed by atoms with Crippen LogP contribution in [0.2, 0.25) is 0 Å². The van der Waals surface area contributed by atoms with Gasteiger partial charge in [-0.05, 0) is 30.9 Å². The van der Waals surface area contributed by atoms with Gasteiger partial charge >= 0.3 is 0 Å². The Balaban J connectivity index is 2.19. The van der Waals surface area contributed by atoms with E-state index in [0.717, 1.165) is 5.92 Å². The fraction of sp³-hybridized carbons (Fsp3) is 0.750. The first kappa shape index (κ1) is 14.3. The molecule has 1 heteroatoms. The van der Waals surface area contributed by atoms with E-state index >= 15 is 0 Å². The first-order chi connectivity index (χ1) is 8.15. The van der Waals surface area contributed by atoms with Crippen molar-refractivity contribution in [1.29, 1.82) is 0 Å². The molecule has 1 rings (SSSR count). The lowest BCUT2D eigenvalue weighted by molar-refractivity contribution is 0.557. The number of nitrogens with zero attached hydrogens (tertiary/aromatic N) is 1. The van der Waals surface area contributed by atoms with E-state index in [4.69, 9.17) is 0 Å². The normalized spacial score (nSPS) is 12.9. The third kappa shape index (κ3) is 4.97. The first-order valence-electron chi connectivity index (χ1n) is 7.28. The summed E-state index contributed by atoms with van der Waals surface area (Å²) in [5, 5.41) is 0. The van der Waals surface area contributed by atoms with Gasteiger partial charge in [0, 0.05) is 18.9 Å². The molecule has 0 aliphatic carbocycles. The van der Waals surface area contributed by atoms with E-state index in [2.05, 4.69) is 44.6 Å². The highest BCUT2D eigenvalue weighted by Crippen LogP contribution is 2.23. The van der Waals surface area contributed by atoms with E-state index in [-0.39, 0.29) is 0 Å². The summed E-state index contributed by atoms with van der Waals surface area (Å²) in [4.78, 5) is 0. The first-order valence-corrected chi connectivity index (χ1v) is 7.28. The van der Waals surface area contributed by atoms with E-state index in [9.17, 15) is 0 Å². The molecule has 1 aromatic heterocycles. The maximum absolute atomic E-state index is 2.36. The second-order valence-corrected chi connectivity index (χ2v) is 5.48. The van der Waals surface area contributed by atoms with Crippen molar-refractivity contribution in [3.63, 3.8) is 0 Å². The Labute approximate surface area is 107 Å². The van der Waals surface area contributed by atoms with Crippen LogP contribution >= 0.6 is 0 Å². The molecule has 1 aromatic rings. The Bertz CT molecular complexity index is 292. The summed E-state index contributed by atoms with van der Waals surface area (Å²) in [5.41, 5.74) is 2.88. The molecule has 0 fully saturated rings. The zero-order valence-electron chi connectivity index (χ0n) is 12.1. The Morgan fingerprint density at radius 2 is 1.76 bits per heavy atom. The van der Waals surface area contributed by atoms with Crippen LogP contribution in [0.3, 0.4) is 0 Å². The SMILES string of the molecule is CCCCCCCCC(C)c1cc(C)n(C)c1. The summed E-state index contributed by atoms with van der Waals surface area (Å²) in [6.07, 6.45) is 12.0.